The second kappa shape index (κ2) is 6.08. The number of fused-ring (bicyclic) bond motifs is 1. The fourth-order valence-corrected chi connectivity index (χ4v) is 2.82. The van der Waals surface area contributed by atoms with Crippen LogP contribution in [0.15, 0.2) is 48.5 Å². The monoisotopic (exact) mass is 311 g/mol. The highest BCUT2D eigenvalue weighted by Gasteiger charge is 2.27. The van der Waals surface area contributed by atoms with Gasteiger partial charge in [0.15, 0.2) is 0 Å². The van der Waals surface area contributed by atoms with Crippen LogP contribution in [0.4, 0.5) is 17.1 Å². The molecule has 0 aromatic heterocycles. The Kier molecular flexibility index (Phi) is 3.97. The number of para-hydroxylation sites is 1. The highest BCUT2D eigenvalue weighted by molar-refractivity contribution is 6.00. The zero-order chi connectivity index (χ0) is 16.4. The van der Waals surface area contributed by atoms with Gasteiger partial charge in [-0.25, -0.2) is 0 Å². The van der Waals surface area contributed by atoms with E-state index in [9.17, 15) is 14.9 Å². The zero-order valence-corrected chi connectivity index (χ0v) is 12.7. The number of non-ortho nitro benzene ring substituents is 1. The number of rotatable bonds is 4. The number of anilines is 2. The molecule has 0 saturated carbocycles. The normalized spacial score (nSPS) is 14.2. The summed E-state index contributed by atoms with van der Waals surface area (Å²) in [5.41, 5.74) is 2.68. The van der Waals surface area contributed by atoms with Crippen LogP contribution in [0, 0.1) is 10.1 Å². The Morgan fingerprint density at radius 2 is 2.04 bits per heavy atom. The Hall–Kier alpha value is -2.89. The summed E-state index contributed by atoms with van der Waals surface area (Å²) in [6.07, 6.45) is 0.853. The van der Waals surface area contributed by atoms with Crippen LogP contribution >= 0.6 is 0 Å². The van der Waals surface area contributed by atoms with Crippen LogP contribution in [-0.4, -0.2) is 23.4 Å². The van der Waals surface area contributed by atoms with Crippen LogP contribution in [-0.2, 0) is 11.2 Å². The highest BCUT2D eigenvalue weighted by atomic mass is 16.6. The average molecular weight is 311 g/mol. The molecular weight excluding hydrogens is 294 g/mol. The minimum absolute atomic E-state index is 0.00108. The van der Waals surface area contributed by atoms with Crippen molar-refractivity contribution in [2.75, 3.05) is 16.8 Å². The van der Waals surface area contributed by atoms with Gasteiger partial charge in [-0.05, 0) is 31.0 Å². The minimum Gasteiger partial charge on any atom is -0.374 e. The molecule has 2 aromatic rings. The zero-order valence-electron chi connectivity index (χ0n) is 12.7. The molecule has 1 N–H and O–H groups in total. The molecule has 0 aliphatic carbocycles. The van der Waals surface area contributed by atoms with Crippen LogP contribution in [0.5, 0.6) is 0 Å². The Labute approximate surface area is 133 Å². The van der Waals surface area contributed by atoms with Gasteiger partial charge >= 0.3 is 0 Å². The fraction of sp³-hybridized carbons (Fsp3) is 0.235. The maximum absolute atomic E-state index is 12.7. The van der Waals surface area contributed by atoms with Crippen molar-refractivity contribution in [1.29, 1.82) is 0 Å². The number of nitro groups is 1. The largest absolute Gasteiger partial charge is 0.374 e. The van der Waals surface area contributed by atoms with E-state index in [4.69, 9.17) is 0 Å². The number of hydrogen-bond donors (Lipinski definition) is 1. The lowest BCUT2D eigenvalue weighted by Gasteiger charge is -2.23. The van der Waals surface area contributed by atoms with Gasteiger partial charge in [0.1, 0.15) is 6.04 Å². The van der Waals surface area contributed by atoms with E-state index in [1.807, 2.05) is 24.3 Å². The number of nitro benzene ring substituents is 1. The number of carbonyl (C=O) groups excluding carboxylic acids is 1. The lowest BCUT2D eigenvalue weighted by atomic mass is 10.2. The highest BCUT2D eigenvalue weighted by Crippen LogP contribution is 2.28. The molecular formula is C17H17N3O3. The molecule has 1 heterocycles. The molecule has 118 valence electrons. The molecule has 1 aliphatic rings. The first-order valence-corrected chi connectivity index (χ1v) is 7.46. The summed E-state index contributed by atoms with van der Waals surface area (Å²) in [6.45, 7) is 2.43. The number of carbonyl (C=O) groups is 1. The van der Waals surface area contributed by atoms with E-state index in [1.54, 1.807) is 24.0 Å². The number of benzene rings is 2. The molecule has 0 spiro atoms. The van der Waals surface area contributed by atoms with Gasteiger partial charge in [0.2, 0.25) is 5.91 Å². The van der Waals surface area contributed by atoms with Gasteiger partial charge in [-0.15, -0.1) is 0 Å². The van der Waals surface area contributed by atoms with Gasteiger partial charge in [0, 0.05) is 30.1 Å². The van der Waals surface area contributed by atoms with E-state index in [-0.39, 0.29) is 11.6 Å². The smallest absolute Gasteiger partial charge is 0.271 e. The van der Waals surface area contributed by atoms with Crippen molar-refractivity contribution in [3.8, 4) is 0 Å². The van der Waals surface area contributed by atoms with E-state index < -0.39 is 11.0 Å². The molecule has 1 aliphatic heterocycles. The predicted molar refractivity (Wildman–Crippen MR) is 88.7 cm³/mol. The molecule has 1 atom stereocenters. The summed E-state index contributed by atoms with van der Waals surface area (Å²) in [5.74, 6) is -0.0403. The maximum atomic E-state index is 12.7. The molecule has 0 radical (unpaired) electrons. The van der Waals surface area contributed by atoms with Crippen LogP contribution in [0.25, 0.3) is 0 Å². The van der Waals surface area contributed by atoms with Gasteiger partial charge in [-0.1, -0.05) is 24.3 Å². The quantitative estimate of drug-likeness (QED) is 0.695. The third-order valence-electron chi connectivity index (χ3n) is 3.96. The minimum atomic E-state index is -0.469. The number of hydrogen-bond acceptors (Lipinski definition) is 4. The van der Waals surface area contributed by atoms with Crippen molar-refractivity contribution in [2.45, 2.75) is 19.4 Å². The van der Waals surface area contributed by atoms with E-state index in [0.29, 0.717) is 12.2 Å². The van der Waals surface area contributed by atoms with Gasteiger partial charge in [0.25, 0.3) is 5.69 Å². The Morgan fingerprint density at radius 1 is 1.26 bits per heavy atom. The third-order valence-corrected chi connectivity index (χ3v) is 3.96. The van der Waals surface area contributed by atoms with E-state index >= 15 is 0 Å². The molecule has 0 fully saturated rings. The topological polar surface area (TPSA) is 75.5 Å². The number of nitrogens with zero attached hydrogens (tertiary/aromatic N) is 2. The van der Waals surface area contributed by atoms with Gasteiger partial charge in [-0.2, -0.15) is 0 Å². The van der Waals surface area contributed by atoms with Crippen LogP contribution in [0.1, 0.15) is 12.5 Å². The Morgan fingerprint density at radius 3 is 2.83 bits per heavy atom. The average Bonchev–Trinajstić information content (AvgIpc) is 2.98. The summed E-state index contributed by atoms with van der Waals surface area (Å²) < 4.78 is 0. The Balaban J connectivity index is 1.74. The van der Waals surface area contributed by atoms with E-state index in [0.717, 1.165) is 12.1 Å². The first kappa shape index (κ1) is 15.0. The second-order valence-electron chi connectivity index (χ2n) is 5.54. The van der Waals surface area contributed by atoms with Gasteiger partial charge < -0.3 is 10.2 Å². The molecule has 0 bridgehead atoms. The van der Waals surface area contributed by atoms with Crippen LogP contribution in [0.2, 0.25) is 0 Å². The van der Waals surface area contributed by atoms with Crippen molar-refractivity contribution in [2.24, 2.45) is 0 Å². The van der Waals surface area contributed by atoms with Crippen LogP contribution in [0.3, 0.4) is 0 Å². The van der Waals surface area contributed by atoms with E-state index in [2.05, 4.69) is 5.32 Å². The van der Waals surface area contributed by atoms with Crippen molar-refractivity contribution in [3.63, 3.8) is 0 Å². The Bertz CT molecular complexity index is 760. The molecule has 23 heavy (non-hydrogen) atoms. The fourth-order valence-electron chi connectivity index (χ4n) is 2.82. The summed E-state index contributed by atoms with van der Waals surface area (Å²) in [6, 6.07) is 13.6. The predicted octanol–water partition coefficient (Wildman–Crippen LogP) is 2.98. The molecule has 0 saturated heterocycles. The maximum Gasteiger partial charge on any atom is 0.271 e. The molecule has 1 amide bonds. The summed E-state index contributed by atoms with van der Waals surface area (Å²) in [5, 5.41) is 13.9. The van der Waals surface area contributed by atoms with Crippen molar-refractivity contribution in [1.82, 2.24) is 0 Å². The van der Waals surface area contributed by atoms with Gasteiger partial charge in [-0.3, -0.25) is 14.9 Å². The van der Waals surface area contributed by atoms with Crippen molar-refractivity contribution in [3.05, 3.63) is 64.2 Å². The lowest BCUT2D eigenvalue weighted by molar-refractivity contribution is -0.384. The van der Waals surface area contributed by atoms with Crippen molar-refractivity contribution < 1.29 is 9.72 Å². The molecule has 2 aromatic carbocycles. The molecule has 0 unspecified atom stereocenters. The summed E-state index contributed by atoms with van der Waals surface area (Å²) in [7, 11) is 0. The van der Waals surface area contributed by atoms with Crippen LogP contribution < -0.4 is 10.2 Å². The summed E-state index contributed by atoms with van der Waals surface area (Å²) >= 11 is 0. The SMILES string of the molecule is C[C@H](Nc1cccc([N+](=O)[O-])c1)C(=O)N1CCc2ccccc21. The van der Waals surface area contributed by atoms with Crippen molar-refractivity contribution >= 4 is 23.0 Å². The molecule has 6 nitrogen and oxygen atoms in total. The second-order valence-corrected chi connectivity index (χ2v) is 5.54. The third kappa shape index (κ3) is 3.01. The number of amides is 1. The first-order chi connectivity index (χ1) is 11.1. The lowest BCUT2D eigenvalue weighted by Crippen LogP contribution is -2.40. The summed E-state index contributed by atoms with van der Waals surface area (Å²) in [4.78, 5) is 24.8. The van der Waals surface area contributed by atoms with Gasteiger partial charge in [0.05, 0.1) is 4.92 Å². The standard InChI is InChI=1S/C17H17N3O3/c1-12(18-14-6-4-7-15(11-14)20(22)23)17(21)19-10-9-13-5-2-3-8-16(13)19/h2-8,11-12,18H,9-10H2,1H3/t12-/m0/s1. The van der Waals surface area contributed by atoms with E-state index in [1.165, 1.54) is 17.7 Å². The number of nitrogens with one attached hydrogen (secondary N) is 1. The molecule has 6 heteroatoms. The first-order valence-electron chi connectivity index (χ1n) is 7.46. The molecule has 3 rings (SSSR count).